The van der Waals surface area contributed by atoms with Crippen molar-refractivity contribution in [1.29, 1.82) is 0 Å². The molecule has 1 rings (SSSR count). The van der Waals surface area contributed by atoms with E-state index < -0.39 is 35.9 Å². The fraction of sp³-hybridized carbons (Fsp3) is 0.524. The van der Waals surface area contributed by atoms with Gasteiger partial charge in [0.15, 0.2) is 5.96 Å². The number of carbonyl (C=O) groups excluding carboxylic acids is 2. The lowest BCUT2D eigenvalue weighted by Crippen LogP contribution is -2.55. The molecule has 178 valence electrons. The Bertz CT molecular complexity index is 792. The summed E-state index contributed by atoms with van der Waals surface area (Å²) in [5.41, 5.74) is 17.3. The van der Waals surface area contributed by atoms with Crippen molar-refractivity contribution < 1.29 is 24.6 Å². The molecule has 0 aromatic heterocycles. The van der Waals surface area contributed by atoms with Crippen molar-refractivity contribution in [3.05, 3.63) is 29.8 Å². The summed E-state index contributed by atoms with van der Waals surface area (Å²) in [6.45, 7) is 3.94. The van der Waals surface area contributed by atoms with E-state index in [0.717, 1.165) is 5.56 Å². The molecule has 2 amide bonds. The number of nitrogens with two attached hydrogens (primary N) is 3. The minimum atomic E-state index is -1.15. The first kappa shape index (κ1) is 26.7. The average molecular weight is 451 g/mol. The zero-order valence-corrected chi connectivity index (χ0v) is 18.5. The van der Waals surface area contributed by atoms with Crippen LogP contribution in [0, 0.1) is 5.92 Å². The zero-order chi connectivity index (χ0) is 24.3. The summed E-state index contributed by atoms with van der Waals surface area (Å²) in [5, 5.41) is 23.9. The van der Waals surface area contributed by atoms with E-state index in [1.807, 2.05) is 13.8 Å². The van der Waals surface area contributed by atoms with Crippen LogP contribution in [-0.4, -0.2) is 58.6 Å². The fourth-order valence-electron chi connectivity index (χ4n) is 2.99. The Kier molecular flexibility index (Phi) is 11.0. The van der Waals surface area contributed by atoms with Gasteiger partial charge in [-0.1, -0.05) is 26.0 Å². The molecule has 0 spiro atoms. The van der Waals surface area contributed by atoms with Crippen molar-refractivity contribution in [2.24, 2.45) is 28.1 Å². The van der Waals surface area contributed by atoms with Gasteiger partial charge >= 0.3 is 5.97 Å². The molecule has 0 aliphatic heterocycles. The van der Waals surface area contributed by atoms with E-state index in [1.54, 1.807) is 12.1 Å². The minimum absolute atomic E-state index is 0.0463. The van der Waals surface area contributed by atoms with Crippen LogP contribution >= 0.6 is 0 Å². The molecule has 0 aliphatic carbocycles. The van der Waals surface area contributed by atoms with E-state index >= 15 is 0 Å². The Labute approximate surface area is 187 Å². The second-order valence-electron chi connectivity index (χ2n) is 8.02. The maximum Gasteiger partial charge on any atom is 0.326 e. The van der Waals surface area contributed by atoms with Gasteiger partial charge < -0.3 is 38.0 Å². The van der Waals surface area contributed by atoms with Crippen LogP contribution in [0.25, 0.3) is 0 Å². The lowest BCUT2D eigenvalue weighted by Gasteiger charge is -2.23. The van der Waals surface area contributed by atoms with Gasteiger partial charge in [-0.15, -0.1) is 0 Å². The number of aliphatic imine (C=N–C) groups is 1. The molecule has 0 aliphatic rings. The second kappa shape index (κ2) is 13.2. The van der Waals surface area contributed by atoms with Crippen LogP contribution < -0.4 is 27.8 Å². The molecule has 1 aromatic rings. The number of nitrogens with zero attached hydrogens (tertiary/aromatic N) is 1. The highest BCUT2D eigenvalue weighted by Gasteiger charge is 2.28. The van der Waals surface area contributed by atoms with Gasteiger partial charge in [0.1, 0.15) is 17.8 Å². The normalized spacial score (nSPS) is 13.6. The van der Waals surface area contributed by atoms with Crippen molar-refractivity contribution in [1.82, 2.24) is 10.6 Å². The molecule has 10 N–H and O–H groups in total. The van der Waals surface area contributed by atoms with Gasteiger partial charge in [0.25, 0.3) is 0 Å². The van der Waals surface area contributed by atoms with Gasteiger partial charge in [0.2, 0.25) is 11.8 Å². The molecule has 11 nitrogen and oxygen atoms in total. The molecule has 0 fully saturated rings. The topological polar surface area (TPSA) is 206 Å². The molecule has 0 heterocycles. The van der Waals surface area contributed by atoms with Crippen LogP contribution in [0.2, 0.25) is 0 Å². The lowest BCUT2D eigenvalue weighted by atomic mass is 10.0. The molecular formula is C21H34N6O5. The quantitative estimate of drug-likeness (QED) is 0.117. The first-order valence-corrected chi connectivity index (χ1v) is 10.4. The van der Waals surface area contributed by atoms with E-state index in [4.69, 9.17) is 17.2 Å². The predicted molar refractivity (Wildman–Crippen MR) is 121 cm³/mol. The minimum Gasteiger partial charge on any atom is -0.508 e. The number of aliphatic carboxylic acids is 1. The highest BCUT2D eigenvalue weighted by molar-refractivity contribution is 5.91. The monoisotopic (exact) mass is 450 g/mol. The molecule has 32 heavy (non-hydrogen) atoms. The molecule has 0 saturated heterocycles. The number of carboxylic acids is 1. The molecule has 0 bridgehead atoms. The van der Waals surface area contributed by atoms with Crippen molar-refractivity contribution in [3.8, 4) is 5.75 Å². The summed E-state index contributed by atoms with van der Waals surface area (Å²) in [5.74, 6) is -2.28. The number of phenolic OH excluding ortho intramolecular Hbond substituents is 1. The van der Waals surface area contributed by atoms with Crippen molar-refractivity contribution in [3.63, 3.8) is 0 Å². The van der Waals surface area contributed by atoms with Crippen molar-refractivity contribution in [2.75, 3.05) is 6.54 Å². The first-order chi connectivity index (χ1) is 15.0. The van der Waals surface area contributed by atoms with Crippen LogP contribution in [0.1, 0.15) is 38.7 Å². The van der Waals surface area contributed by atoms with Crippen LogP contribution in [-0.2, 0) is 20.8 Å². The maximum absolute atomic E-state index is 12.8. The molecule has 1 aromatic carbocycles. The van der Waals surface area contributed by atoms with Gasteiger partial charge in [0.05, 0.1) is 6.04 Å². The largest absolute Gasteiger partial charge is 0.508 e. The second-order valence-corrected chi connectivity index (χ2v) is 8.02. The Morgan fingerprint density at radius 1 is 1.03 bits per heavy atom. The molecule has 0 saturated carbocycles. The molecule has 3 atom stereocenters. The SMILES string of the molecule is CC(C)C[C@H](NC(=O)[C@H](CCCN=C(N)N)NC(=O)[C@@H](N)Cc1ccc(O)cc1)C(=O)O. The number of amides is 2. The Hall–Kier alpha value is -3.34. The predicted octanol–water partition coefficient (Wildman–Crippen LogP) is -0.584. The third kappa shape index (κ3) is 10.1. The fourth-order valence-corrected chi connectivity index (χ4v) is 2.99. The van der Waals surface area contributed by atoms with Crippen LogP contribution in [0.5, 0.6) is 5.75 Å². The first-order valence-electron chi connectivity index (χ1n) is 10.4. The average Bonchev–Trinajstić information content (AvgIpc) is 2.70. The zero-order valence-electron chi connectivity index (χ0n) is 18.5. The van der Waals surface area contributed by atoms with Gasteiger partial charge in [-0.2, -0.15) is 0 Å². The van der Waals surface area contributed by atoms with Crippen LogP contribution in [0.15, 0.2) is 29.3 Å². The Balaban J connectivity index is 2.84. The number of rotatable bonds is 13. The molecule has 11 heteroatoms. The summed E-state index contributed by atoms with van der Waals surface area (Å²) in [4.78, 5) is 40.7. The number of carbonyl (C=O) groups is 3. The summed E-state index contributed by atoms with van der Waals surface area (Å²) >= 11 is 0. The third-order valence-electron chi connectivity index (χ3n) is 4.63. The van der Waals surface area contributed by atoms with Crippen molar-refractivity contribution >= 4 is 23.7 Å². The van der Waals surface area contributed by atoms with Crippen LogP contribution in [0.3, 0.4) is 0 Å². The number of hydrogen-bond acceptors (Lipinski definition) is 6. The number of carboxylic acid groups (broad SMARTS) is 1. The van der Waals surface area contributed by atoms with Crippen molar-refractivity contribution in [2.45, 2.75) is 57.7 Å². The number of benzene rings is 1. The van der Waals surface area contributed by atoms with Crippen LogP contribution in [0.4, 0.5) is 0 Å². The number of guanidine groups is 1. The summed E-state index contributed by atoms with van der Waals surface area (Å²) in [6.07, 6.45) is 1.01. The maximum atomic E-state index is 12.8. The molecular weight excluding hydrogens is 416 g/mol. The lowest BCUT2D eigenvalue weighted by molar-refractivity contribution is -0.142. The van der Waals surface area contributed by atoms with E-state index in [9.17, 15) is 24.6 Å². The highest BCUT2D eigenvalue weighted by Crippen LogP contribution is 2.11. The van der Waals surface area contributed by atoms with E-state index in [2.05, 4.69) is 15.6 Å². The highest BCUT2D eigenvalue weighted by atomic mass is 16.4. The van der Waals surface area contributed by atoms with E-state index in [-0.39, 0.29) is 43.4 Å². The van der Waals surface area contributed by atoms with E-state index in [0.29, 0.717) is 6.42 Å². The Morgan fingerprint density at radius 2 is 1.62 bits per heavy atom. The number of aromatic hydroxyl groups is 1. The number of phenols is 1. The number of nitrogens with one attached hydrogen (secondary N) is 2. The third-order valence-corrected chi connectivity index (χ3v) is 4.63. The van der Waals surface area contributed by atoms with Gasteiger partial charge in [-0.05, 0) is 49.3 Å². The summed E-state index contributed by atoms with van der Waals surface area (Å²) in [6, 6.07) is 3.23. The van der Waals surface area contributed by atoms with E-state index in [1.165, 1.54) is 12.1 Å². The summed E-state index contributed by atoms with van der Waals surface area (Å²) < 4.78 is 0. The van der Waals surface area contributed by atoms with Gasteiger partial charge in [-0.3, -0.25) is 14.6 Å². The van der Waals surface area contributed by atoms with Gasteiger partial charge in [-0.25, -0.2) is 4.79 Å². The standard InChI is InChI=1S/C21H34N6O5/c1-12(2)10-17(20(31)32)27-19(30)16(4-3-9-25-21(23)24)26-18(29)15(22)11-13-5-7-14(28)8-6-13/h5-8,12,15-17,28H,3-4,9-11,22H2,1-2H3,(H,26,29)(H,27,30)(H,31,32)(H4,23,24,25)/t15-,16-,17-/m0/s1. The van der Waals surface area contributed by atoms with Gasteiger partial charge in [0, 0.05) is 6.54 Å². The summed E-state index contributed by atoms with van der Waals surface area (Å²) in [7, 11) is 0. The molecule has 0 radical (unpaired) electrons. The molecule has 0 unspecified atom stereocenters. The number of hydrogen-bond donors (Lipinski definition) is 7. The smallest absolute Gasteiger partial charge is 0.326 e. The Morgan fingerprint density at radius 3 is 2.16 bits per heavy atom.